The van der Waals surface area contributed by atoms with Gasteiger partial charge in [-0.3, -0.25) is 4.79 Å². The van der Waals surface area contributed by atoms with Crippen molar-refractivity contribution in [2.45, 2.75) is 19.0 Å². The molecule has 0 unspecified atom stereocenters. The molecule has 16 heteroatoms. The van der Waals surface area contributed by atoms with Gasteiger partial charge in [-0.05, 0) is 12.1 Å². The molecule has 0 aliphatic heterocycles. The first-order chi connectivity index (χ1) is 15.8. The van der Waals surface area contributed by atoms with E-state index in [1.165, 1.54) is 38.5 Å². The third-order valence-electron chi connectivity index (χ3n) is 4.53. The van der Waals surface area contributed by atoms with Gasteiger partial charge >= 0.3 is 12.1 Å². The number of ether oxygens (including phenoxy) is 1. The Balaban J connectivity index is 1.83. The summed E-state index contributed by atoms with van der Waals surface area (Å²) in [4.78, 5) is 17.9. The molecule has 0 aromatic carbocycles. The lowest BCUT2D eigenvalue weighted by Gasteiger charge is -2.19. The molecule has 3 aromatic rings. The number of alkyl halides is 5. The highest BCUT2D eigenvalue weighted by Crippen LogP contribution is 2.35. The maximum absolute atomic E-state index is 13.0. The quantitative estimate of drug-likeness (QED) is 0.425. The summed E-state index contributed by atoms with van der Waals surface area (Å²) in [7, 11) is -2.15. The average Bonchev–Trinajstić information content (AvgIpc) is 3.21. The number of nitrogens with zero attached hydrogens (tertiary/aromatic N) is 6. The molecule has 0 saturated carbocycles. The highest BCUT2D eigenvalue weighted by molar-refractivity contribution is 7.91. The van der Waals surface area contributed by atoms with Crippen LogP contribution >= 0.6 is 0 Å². The second-order valence-corrected chi connectivity index (χ2v) is 9.36. The van der Waals surface area contributed by atoms with E-state index in [-0.39, 0.29) is 28.4 Å². The van der Waals surface area contributed by atoms with E-state index in [2.05, 4.69) is 25.0 Å². The first-order valence-corrected chi connectivity index (χ1v) is 11.3. The van der Waals surface area contributed by atoms with Crippen molar-refractivity contribution >= 4 is 21.4 Å². The molecule has 0 saturated heterocycles. The minimum Gasteiger partial charge on any atom is -0.470 e. The molecular weight excluding hydrogens is 491 g/mol. The minimum absolute atomic E-state index is 0.00680. The Labute approximate surface area is 189 Å². The number of carbonyl (C=O) groups excluding carboxylic acids is 1. The van der Waals surface area contributed by atoms with E-state index < -0.39 is 46.2 Å². The first kappa shape index (κ1) is 25.2. The predicted molar refractivity (Wildman–Crippen MR) is 107 cm³/mol. The van der Waals surface area contributed by atoms with Gasteiger partial charge in [0.2, 0.25) is 5.88 Å². The van der Waals surface area contributed by atoms with Gasteiger partial charge in [0.25, 0.3) is 5.91 Å². The highest BCUT2D eigenvalue weighted by atomic mass is 32.2. The maximum atomic E-state index is 13.0. The molecule has 3 aromatic heterocycles. The Kier molecular flexibility index (Phi) is 6.73. The third-order valence-corrected chi connectivity index (χ3v) is 6.19. The topological polar surface area (TPSA) is 120 Å². The Morgan fingerprint density at radius 2 is 1.85 bits per heavy atom. The second kappa shape index (κ2) is 9.08. The van der Waals surface area contributed by atoms with E-state index in [0.29, 0.717) is 0 Å². The van der Waals surface area contributed by atoms with Crippen molar-refractivity contribution in [2.24, 2.45) is 0 Å². The normalized spacial score (nSPS) is 12.7. The number of hydrogen-bond donors (Lipinski definition) is 0. The lowest BCUT2D eigenvalue weighted by Crippen LogP contribution is -2.41. The van der Waals surface area contributed by atoms with Crippen LogP contribution in [0.5, 0.6) is 5.88 Å². The zero-order chi connectivity index (χ0) is 25.3. The van der Waals surface area contributed by atoms with Crippen LogP contribution in [0.1, 0.15) is 17.4 Å². The second-order valence-electron chi connectivity index (χ2n) is 7.04. The largest absolute Gasteiger partial charge is 0.470 e. The minimum atomic E-state index is -5.77. The summed E-state index contributed by atoms with van der Waals surface area (Å²) in [6.45, 7) is -0.507. The van der Waals surface area contributed by atoms with Gasteiger partial charge in [-0.1, -0.05) is 6.92 Å². The lowest BCUT2D eigenvalue weighted by atomic mass is 10.2. The van der Waals surface area contributed by atoms with Gasteiger partial charge in [-0.25, -0.2) is 17.9 Å². The maximum Gasteiger partial charge on any atom is 0.456 e. The summed E-state index contributed by atoms with van der Waals surface area (Å²) in [6.07, 6.45) is -3.20. The standard InChI is InChI=1S/C18H17F5N6O4S/c1-3-34(31,32)10-28(2)16(30)13-6-7-24-15-11(8-25-29(13)15)12-4-5-14(27-26-12)33-9-17(19,20)18(21,22)23/h4-8H,3,9-10H2,1-2H3. The van der Waals surface area contributed by atoms with Crippen LogP contribution in [-0.4, -0.2) is 81.4 Å². The van der Waals surface area contributed by atoms with Gasteiger partial charge in [0.05, 0.1) is 17.5 Å². The fourth-order valence-corrected chi connectivity index (χ4v) is 3.55. The number of sulfone groups is 1. The molecule has 0 bridgehead atoms. The number of carbonyl (C=O) groups is 1. The number of fused-ring (bicyclic) bond motifs is 1. The van der Waals surface area contributed by atoms with Gasteiger partial charge in [0.1, 0.15) is 11.6 Å². The van der Waals surface area contributed by atoms with Crippen LogP contribution in [0, 0.1) is 0 Å². The molecule has 34 heavy (non-hydrogen) atoms. The molecule has 0 N–H and O–H groups in total. The molecule has 0 radical (unpaired) electrons. The Bertz CT molecular complexity index is 1290. The highest BCUT2D eigenvalue weighted by Gasteiger charge is 2.58. The summed E-state index contributed by atoms with van der Waals surface area (Å²) in [5.74, 6) is -6.91. The van der Waals surface area contributed by atoms with Crippen LogP contribution in [0.25, 0.3) is 16.9 Å². The molecule has 184 valence electrons. The van der Waals surface area contributed by atoms with E-state index in [1.54, 1.807) is 0 Å². The Morgan fingerprint density at radius 1 is 1.15 bits per heavy atom. The van der Waals surface area contributed by atoms with E-state index in [9.17, 15) is 35.2 Å². The van der Waals surface area contributed by atoms with Gasteiger partial charge in [0.15, 0.2) is 22.1 Å². The van der Waals surface area contributed by atoms with Gasteiger partial charge in [0, 0.05) is 25.1 Å². The van der Waals surface area contributed by atoms with Crippen molar-refractivity contribution in [3.63, 3.8) is 0 Å². The Hall–Kier alpha value is -3.43. The molecule has 0 spiro atoms. The molecule has 3 rings (SSSR count). The molecule has 0 aliphatic rings. The fourth-order valence-electron chi connectivity index (χ4n) is 2.66. The van der Waals surface area contributed by atoms with Crippen molar-refractivity contribution < 1.29 is 39.9 Å². The first-order valence-electron chi connectivity index (χ1n) is 9.46. The summed E-state index contributed by atoms with van der Waals surface area (Å²) < 4.78 is 91.9. The lowest BCUT2D eigenvalue weighted by molar-refractivity contribution is -0.290. The van der Waals surface area contributed by atoms with E-state index >= 15 is 0 Å². The molecule has 3 heterocycles. The van der Waals surface area contributed by atoms with Crippen LogP contribution in [0.2, 0.25) is 0 Å². The van der Waals surface area contributed by atoms with Gasteiger partial charge < -0.3 is 9.64 Å². The molecule has 10 nitrogen and oxygen atoms in total. The van der Waals surface area contributed by atoms with Crippen molar-refractivity contribution in [3.8, 4) is 17.1 Å². The van der Waals surface area contributed by atoms with Crippen molar-refractivity contribution in [2.75, 3.05) is 25.3 Å². The zero-order valence-electron chi connectivity index (χ0n) is 17.6. The summed E-state index contributed by atoms with van der Waals surface area (Å²) in [6, 6.07) is 3.61. The monoisotopic (exact) mass is 508 g/mol. The number of halogens is 5. The van der Waals surface area contributed by atoms with Crippen molar-refractivity contribution in [1.29, 1.82) is 0 Å². The van der Waals surface area contributed by atoms with Crippen molar-refractivity contribution in [3.05, 3.63) is 36.3 Å². The van der Waals surface area contributed by atoms with Crippen LogP contribution in [0.3, 0.4) is 0 Å². The van der Waals surface area contributed by atoms with Crippen LogP contribution in [-0.2, 0) is 9.84 Å². The van der Waals surface area contributed by atoms with Crippen LogP contribution in [0.15, 0.2) is 30.6 Å². The molecule has 0 atom stereocenters. The zero-order valence-corrected chi connectivity index (χ0v) is 18.4. The summed E-state index contributed by atoms with van der Waals surface area (Å²) in [5.41, 5.74) is 0.526. The predicted octanol–water partition coefficient (Wildman–Crippen LogP) is 2.23. The van der Waals surface area contributed by atoms with Crippen molar-refractivity contribution in [1.82, 2.24) is 29.7 Å². The fraction of sp³-hybridized carbons (Fsp3) is 0.389. The number of amides is 1. The number of aromatic nitrogens is 5. The number of rotatable bonds is 8. The van der Waals surface area contributed by atoms with E-state index in [1.807, 2.05) is 0 Å². The van der Waals surface area contributed by atoms with Gasteiger partial charge in [-0.15, -0.1) is 10.2 Å². The van der Waals surface area contributed by atoms with Crippen LogP contribution in [0.4, 0.5) is 22.0 Å². The Morgan fingerprint density at radius 3 is 2.44 bits per heavy atom. The number of hydrogen-bond acceptors (Lipinski definition) is 8. The van der Waals surface area contributed by atoms with Gasteiger partial charge in [-0.2, -0.15) is 27.1 Å². The molecular formula is C18H17F5N6O4S. The summed E-state index contributed by atoms with van der Waals surface area (Å²) >= 11 is 0. The van der Waals surface area contributed by atoms with E-state index in [0.717, 1.165) is 15.5 Å². The van der Waals surface area contributed by atoms with E-state index in [4.69, 9.17) is 0 Å². The molecule has 1 amide bonds. The molecule has 0 fully saturated rings. The molecule has 0 aliphatic carbocycles. The average molecular weight is 508 g/mol. The SMILES string of the molecule is CCS(=O)(=O)CN(C)C(=O)c1ccnc2c(-c3ccc(OCC(F)(F)C(F)(F)F)nn3)cnn12. The third kappa shape index (κ3) is 5.21. The smallest absolute Gasteiger partial charge is 0.456 e. The van der Waals surface area contributed by atoms with Crippen LogP contribution < -0.4 is 4.74 Å². The summed E-state index contributed by atoms with van der Waals surface area (Å²) in [5, 5.41) is 11.3.